The van der Waals surface area contributed by atoms with Gasteiger partial charge in [0.2, 0.25) is 5.91 Å². The smallest absolute Gasteiger partial charge is 0.359 e. The van der Waals surface area contributed by atoms with Crippen molar-refractivity contribution in [3.63, 3.8) is 0 Å². The van der Waals surface area contributed by atoms with Crippen molar-refractivity contribution in [2.45, 2.75) is 103 Å². The summed E-state index contributed by atoms with van der Waals surface area (Å²) in [5.41, 5.74) is 0. The third kappa shape index (κ3) is 23.4. The van der Waals surface area contributed by atoms with Gasteiger partial charge >= 0.3 is 5.97 Å². The first-order chi connectivity index (χ1) is 14.9. The second-order valence-electron chi connectivity index (χ2n) is 9.52. The number of nitrogens with one attached hydrogen (secondary N) is 1. The summed E-state index contributed by atoms with van der Waals surface area (Å²) in [6.07, 6.45) is 17.9. The van der Waals surface area contributed by atoms with E-state index in [0.717, 1.165) is 45.4 Å². The summed E-state index contributed by atoms with van der Waals surface area (Å²) in [5.74, 6) is -0.714. The quantitative estimate of drug-likeness (QED) is 0.169. The highest BCUT2D eigenvalue weighted by molar-refractivity contribution is 5.75. The number of hydrogen-bond acceptors (Lipinski definition) is 3. The molecule has 0 aromatic heterocycles. The van der Waals surface area contributed by atoms with E-state index in [9.17, 15) is 9.59 Å². The van der Waals surface area contributed by atoms with Crippen LogP contribution in [0.15, 0.2) is 0 Å². The number of aliphatic carboxylic acids is 1. The first kappa shape index (κ1) is 29.9. The molecule has 0 bridgehead atoms. The predicted molar refractivity (Wildman–Crippen MR) is 128 cm³/mol. The van der Waals surface area contributed by atoms with Crippen molar-refractivity contribution >= 4 is 11.9 Å². The lowest BCUT2D eigenvalue weighted by Crippen LogP contribution is -2.45. The van der Waals surface area contributed by atoms with Crippen molar-refractivity contribution in [2.24, 2.45) is 0 Å². The highest BCUT2D eigenvalue weighted by atomic mass is 16.5. The molecular formula is C25H51N2O4+. The molecule has 0 aromatic carbocycles. The Hall–Kier alpha value is -1.14. The Morgan fingerprint density at radius 1 is 0.774 bits per heavy atom. The van der Waals surface area contributed by atoms with Gasteiger partial charge in [-0.2, -0.15) is 0 Å². The zero-order valence-corrected chi connectivity index (χ0v) is 20.8. The number of carbonyl (C=O) groups excluding carboxylic acids is 1. The van der Waals surface area contributed by atoms with Crippen molar-refractivity contribution < 1.29 is 23.9 Å². The second-order valence-corrected chi connectivity index (χ2v) is 9.52. The largest absolute Gasteiger partial charge is 0.477 e. The zero-order valence-electron chi connectivity index (χ0n) is 20.8. The Bertz CT molecular complexity index is 441. The van der Waals surface area contributed by atoms with E-state index in [4.69, 9.17) is 9.84 Å². The maximum absolute atomic E-state index is 11.8. The molecule has 0 heterocycles. The molecule has 0 saturated heterocycles. The molecule has 6 heteroatoms. The van der Waals surface area contributed by atoms with Crippen LogP contribution in [-0.4, -0.2) is 68.4 Å². The molecule has 31 heavy (non-hydrogen) atoms. The van der Waals surface area contributed by atoms with Crippen molar-refractivity contribution in [3.05, 3.63) is 0 Å². The third-order valence-electron chi connectivity index (χ3n) is 5.66. The molecule has 0 aromatic rings. The number of carboxylic acid groups (broad SMARTS) is 1. The molecule has 0 unspecified atom stereocenters. The molecule has 0 spiro atoms. The number of unbranched alkanes of at least 4 members (excludes halogenated alkanes) is 11. The average Bonchev–Trinajstić information content (AvgIpc) is 2.70. The number of carboxylic acids is 1. The van der Waals surface area contributed by atoms with E-state index in [1.807, 2.05) is 14.1 Å². The van der Waals surface area contributed by atoms with Crippen molar-refractivity contribution in [1.82, 2.24) is 5.32 Å². The molecular weight excluding hydrogens is 392 g/mol. The predicted octanol–water partition coefficient (Wildman–Crippen LogP) is 5.15. The lowest BCUT2D eigenvalue weighted by atomic mass is 10.1. The van der Waals surface area contributed by atoms with Crippen LogP contribution in [0.2, 0.25) is 0 Å². The number of hydrogen-bond donors (Lipinski definition) is 2. The Balaban J connectivity index is 3.29. The fourth-order valence-electron chi connectivity index (χ4n) is 3.73. The molecule has 2 N–H and O–H groups in total. The Kier molecular flexibility index (Phi) is 20.0. The molecule has 0 atom stereocenters. The van der Waals surface area contributed by atoms with Gasteiger partial charge in [-0.25, -0.2) is 4.79 Å². The Morgan fingerprint density at radius 3 is 1.84 bits per heavy atom. The molecule has 6 nitrogen and oxygen atoms in total. The summed E-state index contributed by atoms with van der Waals surface area (Å²) in [6.45, 7) is 5.29. The summed E-state index contributed by atoms with van der Waals surface area (Å²) < 4.78 is 6.12. The van der Waals surface area contributed by atoms with Gasteiger partial charge in [0.1, 0.15) is 0 Å². The summed E-state index contributed by atoms with van der Waals surface area (Å²) in [5, 5.41) is 11.8. The number of nitrogens with zero attached hydrogens (tertiary/aromatic N) is 1. The first-order valence-corrected chi connectivity index (χ1v) is 12.8. The van der Waals surface area contributed by atoms with Gasteiger partial charge in [0.05, 0.1) is 20.6 Å². The fraction of sp³-hybridized carbons (Fsp3) is 0.920. The topological polar surface area (TPSA) is 75.6 Å². The number of carbonyl (C=O) groups is 2. The summed E-state index contributed by atoms with van der Waals surface area (Å²) in [7, 11) is 3.79. The number of ether oxygens (including phenoxy) is 1. The van der Waals surface area contributed by atoms with Crippen LogP contribution < -0.4 is 5.32 Å². The average molecular weight is 444 g/mol. The summed E-state index contributed by atoms with van der Waals surface area (Å²) in [4.78, 5) is 22.6. The van der Waals surface area contributed by atoms with E-state index < -0.39 is 5.97 Å². The van der Waals surface area contributed by atoms with Gasteiger partial charge in [0.25, 0.3) is 0 Å². The van der Waals surface area contributed by atoms with Crippen LogP contribution in [0.5, 0.6) is 0 Å². The molecule has 184 valence electrons. The molecule has 0 saturated carbocycles. The van der Waals surface area contributed by atoms with Gasteiger partial charge in [-0.15, -0.1) is 0 Å². The standard InChI is InChI=1S/C25H50N2O4/c1-4-5-6-7-8-9-10-11-12-13-15-21-31-22-16-14-18-24(28)26-19-17-20-27(2,3)23-25(29)30/h4-23H2,1-3H3,(H-,26,28,29,30)/p+1. The number of likely N-dealkylation sites (N-methyl/N-ethyl adjacent to an activating group) is 1. The lowest BCUT2D eigenvalue weighted by Gasteiger charge is -2.27. The minimum Gasteiger partial charge on any atom is -0.477 e. The molecule has 0 aliphatic rings. The number of rotatable bonds is 23. The van der Waals surface area contributed by atoms with Crippen molar-refractivity contribution in [3.8, 4) is 0 Å². The van der Waals surface area contributed by atoms with Crippen LogP contribution in [-0.2, 0) is 14.3 Å². The maximum Gasteiger partial charge on any atom is 0.359 e. The number of amides is 1. The highest BCUT2D eigenvalue weighted by Gasteiger charge is 2.18. The zero-order chi connectivity index (χ0) is 23.2. The summed E-state index contributed by atoms with van der Waals surface area (Å²) >= 11 is 0. The van der Waals surface area contributed by atoms with Gasteiger partial charge in [0.15, 0.2) is 6.54 Å². The fourth-order valence-corrected chi connectivity index (χ4v) is 3.73. The monoisotopic (exact) mass is 443 g/mol. The first-order valence-electron chi connectivity index (χ1n) is 12.8. The molecule has 0 radical (unpaired) electrons. The van der Waals surface area contributed by atoms with E-state index >= 15 is 0 Å². The normalized spacial score (nSPS) is 11.6. The minimum absolute atomic E-state index is 0.0777. The molecule has 0 rings (SSSR count). The van der Waals surface area contributed by atoms with Crippen LogP contribution >= 0.6 is 0 Å². The van der Waals surface area contributed by atoms with E-state index in [1.54, 1.807) is 0 Å². The van der Waals surface area contributed by atoms with Crippen molar-refractivity contribution in [1.29, 1.82) is 0 Å². The number of quaternary nitrogens is 1. The van der Waals surface area contributed by atoms with Crippen LogP contribution in [0.3, 0.4) is 0 Å². The maximum atomic E-state index is 11.8. The van der Waals surface area contributed by atoms with Gasteiger partial charge in [-0.1, -0.05) is 71.1 Å². The molecule has 0 fully saturated rings. The molecule has 0 aliphatic heterocycles. The highest BCUT2D eigenvalue weighted by Crippen LogP contribution is 2.11. The van der Waals surface area contributed by atoms with Crippen LogP contribution in [0.1, 0.15) is 103 Å². The minimum atomic E-state index is -0.792. The Morgan fingerprint density at radius 2 is 1.29 bits per heavy atom. The summed E-state index contributed by atoms with van der Waals surface area (Å²) in [6, 6.07) is 0. The van der Waals surface area contributed by atoms with Crippen molar-refractivity contribution in [2.75, 3.05) is 46.9 Å². The SMILES string of the molecule is CCCCCCCCCCCCCOCCCCC(=O)NCCC[N+](C)(C)CC(=O)O. The van der Waals surface area contributed by atoms with E-state index in [2.05, 4.69) is 12.2 Å². The van der Waals surface area contributed by atoms with E-state index in [-0.39, 0.29) is 12.5 Å². The second kappa shape index (κ2) is 20.7. The van der Waals surface area contributed by atoms with Gasteiger partial charge in [0, 0.05) is 32.6 Å². The molecule has 0 aliphatic carbocycles. The Labute approximate surface area is 191 Å². The lowest BCUT2D eigenvalue weighted by molar-refractivity contribution is -0.883. The third-order valence-corrected chi connectivity index (χ3v) is 5.66. The molecule has 1 amide bonds. The van der Waals surface area contributed by atoms with E-state index in [1.165, 1.54) is 64.2 Å². The van der Waals surface area contributed by atoms with Crippen LogP contribution in [0, 0.1) is 0 Å². The van der Waals surface area contributed by atoms with E-state index in [0.29, 0.717) is 17.4 Å². The van der Waals surface area contributed by atoms with Gasteiger partial charge in [-0.05, 0) is 19.3 Å². The van der Waals surface area contributed by atoms with Gasteiger partial charge < -0.3 is 19.6 Å². The van der Waals surface area contributed by atoms with Crippen LogP contribution in [0.25, 0.3) is 0 Å². The van der Waals surface area contributed by atoms with Gasteiger partial charge in [-0.3, -0.25) is 4.79 Å². The van der Waals surface area contributed by atoms with Crippen LogP contribution in [0.4, 0.5) is 0 Å².